The zero-order valence-corrected chi connectivity index (χ0v) is 13.5. The van der Waals surface area contributed by atoms with Gasteiger partial charge < -0.3 is 20.5 Å². The molecular formula is C16H19FN2O3S. The lowest BCUT2D eigenvalue weighted by Crippen LogP contribution is -2.41. The average molecular weight is 338 g/mol. The summed E-state index contributed by atoms with van der Waals surface area (Å²) in [6, 6.07) is 7.49. The van der Waals surface area contributed by atoms with Gasteiger partial charge in [-0.3, -0.25) is 0 Å². The van der Waals surface area contributed by atoms with Gasteiger partial charge in [-0.05, 0) is 41.4 Å². The van der Waals surface area contributed by atoms with E-state index in [2.05, 4.69) is 10.6 Å². The van der Waals surface area contributed by atoms with Crippen molar-refractivity contribution in [1.82, 2.24) is 10.6 Å². The van der Waals surface area contributed by atoms with Crippen molar-refractivity contribution in [1.29, 1.82) is 0 Å². The lowest BCUT2D eigenvalue weighted by atomic mass is 10.2. The molecule has 0 saturated heterocycles. The topological polar surface area (TPSA) is 70.6 Å². The van der Waals surface area contributed by atoms with E-state index >= 15 is 0 Å². The molecule has 1 aromatic carbocycles. The maximum Gasteiger partial charge on any atom is 0.315 e. The van der Waals surface area contributed by atoms with Crippen LogP contribution in [0.2, 0.25) is 0 Å². The van der Waals surface area contributed by atoms with E-state index in [-0.39, 0.29) is 24.9 Å². The summed E-state index contributed by atoms with van der Waals surface area (Å²) in [5.74, 6) is -0.294. The van der Waals surface area contributed by atoms with Crippen LogP contribution in [0.4, 0.5) is 9.18 Å². The second kappa shape index (κ2) is 8.50. The largest absolute Gasteiger partial charge is 0.486 e. The lowest BCUT2D eigenvalue weighted by Gasteiger charge is -2.17. The van der Waals surface area contributed by atoms with Crippen LogP contribution in [0.1, 0.15) is 18.6 Å². The highest BCUT2D eigenvalue weighted by Gasteiger charge is 2.12. The Balaban J connectivity index is 1.68. The number of hydrogen-bond acceptors (Lipinski definition) is 4. The third-order valence-electron chi connectivity index (χ3n) is 3.10. The van der Waals surface area contributed by atoms with E-state index in [1.165, 1.54) is 23.5 Å². The zero-order chi connectivity index (χ0) is 16.7. The summed E-state index contributed by atoms with van der Waals surface area (Å²) >= 11 is 1.48. The first-order valence-corrected chi connectivity index (χ1v) is 8.13. The molecule has 23 heavy (non-hydrogen) atoms. The van der Waals surface area contributed by atoms with Gasteiger partial charge in [0.05, 0.1) is 12.6 Å². The van der Waals surface area contributed by atoms with Crippen molar-refractivity contribution < 1.29 is 19.0 Å². The highest BCUT2D eigenvalue weighted by molar-refractivity contribution is 7.07. The fourth-order valence-corrected chi connectivity index (χ4v) is 2.58. The van der Waals surface area contributed by atoms with Crippen molar-refractivity contribution in [2.75, 3.05) is 13.1 Å². The molecule has 2 amide bonds. The molecule has 2 atom stereocenters. The standard InChI is InChI=1S/C16H19FN2O3S/c1-11(22-15-5-3-2-4-13(15)17)8-18-16(21)19-9-14(20)12-6-7-23-10-12/h2-7,10-11,14,20H,8-9H2,1H3,(H2,18,19,21). The summed E-state index contributed by atoms with van der Waals surface area (Å²) in [5, 5.41) is 18.7. The molecule has 3 N–H and O–H groups in total. The number of urea groups is 1. The molecule has 0 aliphatic heterocycles. The van der Waals surface area contributed by atoms with Crippen molar-refractivity contribution in [2.45, 2.75) is 19.1 Å². The highest BCUT2D eigenvalue weighted by atomic mass is 32.1. The quantitative estimate of drug-likeness (QED) is 0.727. The average Bonchev–Trinajstić information content (AvgIpc) is 3.07. The van der Waals surface area contributed by atoms with E-state index in [0.29, 0.717) is 0 Å². The lowest BCUT2D eigenvalue weighted by molar-refractivity contribution is 0.171. The summed E-state index contributed by atoms with van der Waals surface area (Å²) < 4.78 is 18.9. The molecule has 1 heterocycles. The van der Waals surface area contributed by atoms with Crippen LogP contribution in [-0.2, 0) is 0 Å². The molecule has 0 bridgehead atoms. The SMILES string of the molecule is CC(CNC(=O)NCC(O)c1ccsc1)Oc1ccccc1F. The number of carbonyl (C=O) groups excluding carboxylic acids is 1. The molecule has 0 spiro atoms. The van der Waals surface area contributed by atoms with E-state index in [0.717, 1.165) is 5.56 Å². The fourth-order valence-electron chi connectivity index (χ4n) is 1.87. The first-order valence-electron chi connectivity index (χ1n) is 7.19. The van der Waals surface area contributed by atoms with Crippen LogP contribution >= 0.6 is 11.3 Å². The number of ether oxygens (including phenoxy) is 1. The van der Waals surface area contributed by atoms with E-state index in [1.54, 1.807) is 25.1 Å². The Kier molecular flexibility index (Phi) is 6.37. The molecule has 0 radical (unpaired) electrons. The van der Waals surface area contributed by atoms with Crippen LogP contribution in [0.25, 0.3) is 0 Å². The van der Waals surface area contributed by atoms with Crippen molar-refractivity contribution in [3.8, 4) is 5.75 Å². The fraction of sp³-hybridized carbons (Fsp3) is 0.312. The van der Waals surface area contributed by atoms with E-state index in [1.807, 2.05) is 10.8 Å². The Labute approximate surface area is 138 Å². The first kappa shape index (κ1) is 17.2. The van der Waals surface area contributed by atoms with E-state index in [9.17, 15) is 14.3 Å². The summed E-state index contributed by atoms with van der Waals surface area (Å²) in [4.78, 5) is 11.7. The molecule has 1 aromatic heterocycles. The third-order valence-corrected chi connectivity index (χ3v) is 3.80. The minimum Gasteiger partial charge on any atom is -0.486 e. The number of rotatable bonds is 7. The van der Waals surface area contributed by atoms with Crippen LogP contribution in [-0.4, -0.2) is 30.3 Å². The number of aliphatic hydroxyl groups excluding tert-OH is 1. The molecule has 124 valence electrons. The molecule has 0 aliphatic carbocycles. The molecule has 5 nitrogen and oxygen atoms in total. The third kappa shape index (κ3) is 5.54. The van der Waals surface area contributed by atoms with Gasteiger partial charge in [0, 0.05) is 6.54 Å². The molecule has 2 unspecified atom stereocenters. The smallest absolute Gasteiger partial charge is 0.315 e. The van der Waals surface area contributed by atoms with Crippen molar-refractivity contribution >= 4 is 17.4 Å². The van der Waals surface area contributed by atoms with Gasteiger partial charge in [-0.2, -0.15) is 11.3 Å². The zero-order valence-electron chi connectivity index (χ0n) is 12.7. The van der Waals surface area contributed by atoms with Gasteiger partial charge in [-0.1, -0.05) is 12.1 Å². The number of benzene rings is 1. The summed E-state index contributed by atoms with van der Waals surface area (Å²) in [6.45, 7) is 2.06. The molecule has 2 aromatic rings. The van der Waals surface area contributed by atoms with Gasteiger partial charge in [-0.15, -0.1) is 0 Å². The molecule has 0 saturated carbocycles. The first-order chi connectivity index (χ1) is 11.1. The Morgan fingerprint density at radius 1 is 1.30 bits per heavy atom. The second-order valence-electron chi connectivity index (χ2n) is 5.02. The van der Waals surface area contributed by atoms with Gasteiger partial charge in [0.15, 0.2) is 11.6 Å². The second-order valence-corrected chi connectivity index (χ2v) is 5.80. The van der Waals surface area contributed by atoms with Gasteiger partial charge in [0.1, 0.15) is 6.10 Å². The number of nitrogens with one attached hydrogen (secondary N) is 2. The Bertz CT molecular complexity index is 622. The van der Waals surface area contributed by atoms with Crippen LogP contribution in [0, 0.1) is 5.82 Å². The van der Waals surface area contributed by atoms with Crippen LogP contribution < -0.4 is 15.4 Å². The summed E-state index contributed by atoms with van der Waals surface area (Å²) in [6.07, 6.45) is -1.13. The molecular weight excluding hydrogens is 319 g/mol. The molecule has 0 fully saturated rings. The number of hydrogen-bond donors (Lipinski definition) is 3. The van der Waals surface area contributed by atoms with Crippen LogP contribution in [0.3, 0.4) is 0 Å². The Morgan fingerprint density at radius 3 is 2.74 bits per heavy atom. The van der Waals surface area contributed by atoms with Gasteiger partial charge in [-0.25, -0.2) is 9.18 Å². The minimum absolute atomic E-state index is 0.116. The number of amides is 2. The number of thiophene rings is 1. The number of carbonyl (C=O) groups is 1. The van der Waals surface area contributed by atoms with E-state index < -0.39 is 18.0 Å². The maximum absolute atomic E-state index is 13.4. The predicted octanol–water partition coefficient (Wildman–Crippen LogP) is 2.69. The van der Waals surface area contributed by atoms with E-state index in [4.69, 9.17) is 4.74 Å². The Hall–Kier alpha value is -2.12. The molecule has 7 heteroatoms. The predicted molar refractivity (Wildman–Crippen MR) is 87.2 cm³/mol. The van der Waals surface area contributed by atoms with Crippen molar-refractivity contribution in [3.63, 3.8) is 0 Å². The Morgan fingerprint density at radius 2 is 2.04 bits per heavy atom. The monoisotopic (exact) mass is 338 g/mol. The molecule has 0 aliphatic rings. The van der Waals surface area contributed by atoms with Crippen LogP contribution in [0.15, 0.2) is 41.1 Å². The minimum atomic E-state index is -0.737. The number of para-hydroxylation sites is 1. The number of halogens is 1. The van der Waals surface area contributed by atoms with Crippen molar-refractivity contribution in [2.24, 2.45) is 0 Å². The number of aliphatic hydroxyl groups is 1. The van der Waals surface area contributed by atoms with Crippen LogP contribution in [0.5, 0.6) is 5.75 Å². The van der Waals surface area contributed by atoms with Gasteiger partial charge in [0.25, 0.3) is 0 Å². The maximum atomic E-state index is 13.4. The highest BCUT2D eigenvalue weighted by Crippen LogP contribution is 2.17. The summed E-state index contributed by atoms with van der Waals surface area (Å²) in [5.41, 5.74) is 0.770. The molecule has 2 rings (SSSR count). The van der Waals surface area contributed by atoms with Gasteiger partial charge in [0.2, 0.25) is 0 Å². The van der Waals surface area contributed by atoms with Gasteiger partial charge >= 0.3 is 6.03 Å². The van der Waals surface area contributed by atoms with Crippen molar-refractivity contribution in [3.05, 3.63) is 52.5 Å². The summed E-state index contributed by atoms with van der Waals surface area (Å²) in [7, 11) is 0. The normalized spacial score (nSPS) is 13.2.